The van der Waals surface area contributed by atoms with Crippen LogP contribution < -0.4 is 15.0 Å². The van der Waals surface area contributed by atoms with Crippen LogP contribution in [0.4, 0.5) is 15.8 Å². The molecule has 158 valence electrons. The number of nitrogens with zero attached hydrogens (tertiary/aromatic N) is 1. The van der Waals surface area contributed by atoms with Crippen LogP contribution in [0.3, 0.4) is 0 Å². The maximum absolute atomic E-state index is 13.4. The summed E-state index contributed by atoms with van der Waals surface area (Å²) in [5.74, 6) is -0.216. The Bertz CT molecular complexity index is 1100. The molecule has 7 heteroatoms. The lowest BCUT2D eigenvalue weighted by molar-refractivity contribution is -0.121. The molecule has 1 aliphatic heterocycles. The van der Waals surface area contributed by atoms with E-state index in [0.29, 0.717) is 11.4 Å². The van der Waals surface area contributed by atoms with Gasteiger partial charge in [0.05, 0.1) is 12.8 Å². The van der Waals surface area contributed by atoms with Crippen molar-refractivity contribution in [3.05, 3.63) is 84.2 Å². The molecule has 5 nitrogen and oxygen atoms in total. The Morgan fingerprint density at radius 2 is 1.90 bits per heavy atom. The third kappa shape index (κ3) is 4.88. The van der Waals surface area contributed by atoms with Crippen molar-refractivity contribution in [2.45, 2.75) is 16.6 Å². The molecule has 0 radical (unpaired) electrons. The van der Waals surface area contributed by atoms with Gasteiger partial charge >= 0.3 is 0 Å². The van der Waals surface area contributed by atoms with Crippen LogP contribution in [0.5, 0.6) is 5.75 Å². The third-order valence-electron chi connectivity index (χ3n) is 4.98. The minimum absolute atomic E-state index is 0.0872. The van der Waals surface area contributed by atoms with E-state index < -0.39 is 5.82 Å². The van der Waals surface area contributed by atoms with E-state index in [1.165, 1.54) is 23.1 Å². The summed E-state index contributed by atoms with van der Waals surface area (Å²) < 4.78 is 18.6. The van der Waals surface area contributed by atoms with Gasteiger partial charge in [-0.1, -0.05) is 30.3 Å². The second-order valence-corrected chi connectivity index (χ2v) is 8.33. The second kappa shape index (κ2) is 9.22. The highest BCUT2D eigenvalue weighted by atomic mass is 32.2. The molecule has 1 aliphatic rings. The van der Waals surface area contributed by atoms with E-state index in [1.54, 1.807) is 24.9 Å². The van der Waals surface area contributed by atoms with Crippen LogP contribution in [-0.2, 0) is 9.59 Å². The maximum atomic E-state index is 13.4. The number of hydrogen-bond acceptors (Lipinski definition) is 4. The molecule has 0 aliphatic carbocycles. The number of halogens is 1. The first-order valence-electron chi connectivity index (χ1n) is 9.79. The Hall–Kier alpha value is -3.32. The van der Waals surface area contributed by atoms with Crippen molar-refractivity contribution in [3.63, 3.8) is 0 Å². The Labute approximate surface area is 184 Å². The van der Waals surface area contributed by atoms with Gasteiger partial charge in [-0.25, -0.2) is 4.39 Å². The van der Waals surface area contributed by atoms with Gasteiger partial charge in [-0.3, -0.25) is 9.59 Å². The second-order valence-electron chi connectivity index (χ2n) is 7.09. The van der Waals surface area contributed by atoms with Crippen molar-refractivity contribution in [2.75, 3.05) is 23.9 Å². The fraction of sp³-hybridized carbons (Fsp3) is 0.167. The number of carbonyl (C=O) groups is 2. The van der Waals surface area contributed by atoms with Crippen molar-refractivity contribution in [1.82, 2.24) is 0 Å². The predicted octanol–water partition coefficient (Wildman–Crippen LogP) is 5.04. The Kier molecular flexibility index (Phi) is 6.23. The number of para-hydroxylation sites is 1. The molecule has 1 heterocycles. The molecule has 3 aromatic carbocycles. The highest BCUT2D eigenvalue weighted by molar-refractivity contribution is 7.99. The lowest BCUT2D eigenvalue weighted by Gasteiger charge is -2.22. The zero-order valence-corrected chi connectivity index (χ0v) is 17.7. The zero-order chi connectivity index (χ0) is 21.8. The third-order valence-corrected chi connectivity index (χ3v) is 6.31. The summed E-state index contributed by atoms with van der Waals surface area (Å²) in [4.78, 5) is 28.2. The number of ether oxygens (including phenoxy) is 1. The van der Waals surface area contributed by atoms with Crippen molar-refractivity contribution < 1.29 is 18.7 Å². The van der Waals surface area contributed by atoms with E-state index in [-0.39, 0.29) is 30.0 Å². The molecule has 0 fully saturated rings. The highest BCUT2D eigenvalue weighted by Gasteiger charge is 2.30. The van der Waals surface area contributed by atoms with Crippen molar-refractivity contribution >= 4 is 35.0 Å². The number of fused-ring (bicyclic) bond motifs is 1. The van der Waals surface area contributed by atoms with Gasteiger partial charge in [-0.2, -0.15) is 0 Å². The average Bonchev–Trinajstić information content (AvgIpc) is 2.90. The number of amides is 2. The van der Waals surface area contributed by atoms with Gasteiger partial charge in [0.1, 0.15) is 18.1 Å². The molecule has 0 unspecified atom stereocenters. The first-order chi connectivity index (χ1) is 15.0. The van der Waals surface area contributed by atoms with Gasteiger partial charge in [-0.15, -0.1) is 11.8 Å². The Morgan fingerprint density at radius 3 is 2.65 bits per heavy atom. The maximum Gasteiger partial charge on any atom is 0.244 e. The number of anilines is 2. The monoisotopic (exact) mass is 436 g/mol. The fourth-order valence-electron chi connectivity index (χ4n) is 3.47. The summed E-state index contributed by atoms with van der Waals surface area (Å²) in [6.45, 7) is -0.151. The van der Waals surface area contributed by atoms with Crippen LogP contribution >= 0.6 is 11.8 Å². The number of methoxy groups -OCH3 is 1. The van der Waals surface area contributed by atoms with Crippen molar-refractivity contribution in [2.24, 2.45) is 0 Å². The fourth-order valence-corrected chi connectivity index (χ4v) is 4.75. The van der Waals surface area contributed by atoms with E-state index in [9.17, 15) is 14.0 Å². The topological polar surface area (TPSA) is 58.6 Å². The van der Waals surface area contributed by atoms with Crippen LogP contribution in [0.1, 0.15) is 17.2 Å². The summed E-state index contributed by atoms with van der Waals surface area (Å²) in [6.07, 6.45) is 0.249. The van der Waals surface area contributed by atoms with Gasteiger partial charge < -0.3 is 15.0 Å². The van der Waals surface area contributed by atoms with Gasteiger partial charge in [-0.05, 0) is 48.0 Å². The van der Waals surface area contributed by atoms with Crippen LogP contribution in [0, 0.1) is 5.82 Å². The molecule has 1 atom stereocenters. The molecule has 2 amide bonds. The molecule has 3 aromatic rings. The summed E-state index contributed by atoms with van der Waals surface area (Å²) in [5.41, 5.74) is 2.06. The standard InChI is InChI=1S/C24H21FN2O3S/c1-30-19-11-9-16(10-12-19)22-14-24(29)27(20-7-2-3-8-21(20)31-22)15-23(28)26-18-6-4-5-17(25)13-18/h2-13,22H,14-15H2,1H3,(H,26,28)/t22-/m0/s1. The summed E-state index contributed by atoms with van der Waals surface area (Å²) in [7, 11) is 1.61. The molecular formula is C24H21FN2O3S. The van der Waals surface area contributed by atoms with E-state index in [4.69, 9.17) is 4.74 Å². The van der Waals surface area contributed by atoms with E-state index in [2.05, 4.69) is 5.32 Å². The minimum Gasteiger partial charge on any atom is -0.497 e. The van der Waals surface area contributed by atoms with Crippen LogP contribution in [-0.4, -0.2) is 25.5 Å². The van der Waals surface area contributed by atoms with Gasteiger partial charge in [0.25, 0.3) is 0 Å². The number of benzene rings is 3. The number of nitrogens with one attached hydrogen (secondary N) is 1. The molecule has 4 rings (SSSR count). The first kappa shape index (κ1) is 20.9. The smallest absolute Gasteiger partial charge is 0.244 e. The van der Waals surface area contributed by atoms with Crippen LogP contribution in [0.15, 0.2) is 77.7 Å². The van der Waals surface area contributed by atoms with Crippen LogP contribution in [0.2, 0.25) is 0 Å². The van der Waals surface area contributed by atoms with E-state index in [0.717, 1.165) is 16.2 Å². The molecule has 0 saturated carbocycles. The molecule has 31 heavy (non-hydrogen) atoms. The number of carbonyl (C=O) groups excluding carboxylic acids is 2. The van der Waals surface area contributed by atoms with Crippen molar-refractivity contribution in [3.8, 4) is 5.75 Å². The molecule has 0 saturated heterocycles. The molecule has 1 N–H and O–H groups in total. The largest absolute Gasteiger partial charge is 0.497 e. The molecule has 0 aromatic heterocycles. The van der Waals surface area contributed by atoms with Gasteiger partial charge in [0, 0.05) is 22.3 Å². The quantitative estimate of drug-likeness (QED) is 0.609. The lowest BCUT2D eigenvalue weighted by Crippen LogP contribution is -2.38. The van der Waals surface area contributed by atoms with Crippen molar-refractivity contribution in [1.29, 1.82) is 0 Å². The highest BCUT2D eigenvalue weighted by Crippen LogP contribution is 2.45. The normalized spacial score (nSPS) is 15.7. The first-order valence-corrected chi connectivity index (χ1v) is 10.7. The molecule has 0 spiro atoms. The Balaban J connectivity index is 1.57. The van der Waals surface area contributed by atoms with Crippen LogP contribution in [0.25, 0.3) is 0 Å². The lowest BCUT2D eigenvalue weighted by atomic mass is 10.1. The zero-order valence-electron chi connectivity index (χ0n) is 16.9. The molecular weight excluding hydrogens is 415 g/mol. The van der Waals surface area contributed by atoms with Gasteiger partial charge in [0.2, 0.25) is 11.8 Å². The van der Waals surface area contributed by atoms with E-state index in [1.807, 2.05) is 48.5 Å². The SMILES string of the molecule is COc1ccc([C@@H]2CC(=O)N(CC(=O)Nc3cccc(F)c3)c3ccccc3S2)cc1. The number of rotatable bonds is 5. The summed E-state index contributed by atoms with van der Waals surface area (Å²) in [5, 5.41) is 2.58. The number of thioether (sulfide) groups is 1. The Morgan fingerprint density at radius 1 is 1.13 bits per heavy atom. The summed E-state index contributed by atoms with van der Waals surface area (Å²) in [6, 6.07) is 20.9. The number of hydrogen-bond donors (Lipinski definition) is 1. The van der Waals surface area contributed by atoms with Gasteiger partial charge in [0.15, 0.2) is 0 Å². The average molecular weight is 437 g/mol. The predicted molar refractivity (Wildman–Crippen MR) is 120 cm³/mol. The van der Waals surface area contributed by atoms with E-state index >= 15 is 0 Å². The minimum atomic E-state index is -0.437. The summed E-state index contributed by atoms with van der Waals surface area (Å²) >= 11 is 1.60. The molecule has 0 bridgehead atoms.